The van der Waals surface area contributed by atoms with Crippen LogP contribution in [-0.2, 0) is 4.74 Å². The lowest BCUT2D eigenvalue weighted by Gasteiger charge is -2.21. The van der Waals surface area contributed by atoms with Crippen molar-refractivity contribution in [3.63, 3.8) is 0 Å². The number of morpholine rings is 1. The number of benzene rings is 1. The first-order valence-electron chi connectivity index (χ1n) is 5.85. The fourth-order valence-electron chi connectivity index (χ4n) is 1.92. The van der Waals surface area contributed by atoms with Gasteiger partial charge in [-0.1, -0.05) is 28.1 Å². The van der Waals surface area contributed by atoms with Crippen LogP contribution in [0.25, 0.3) is 11.3 Å². The van der Waals surface area contributed by atoms with Crippen LogP contribution in [0.15, 0.2) is 34.1 Å². The third-order valence-electron chi connectivity index (χ3n) is 2.88. The number of thiazole rings is 1. The van der Waals surface area contributed by atoms with Gasteiger partial charge in [0.1, 0.15) is 5.01 Å². The highest BCUT2D eigenvalue weighted by atomic mass is 79.9. The zero-order valence-electron chi connectivity index (χ0n) is 10.1. The molecule has 2 heterocycles. The van der Waals surface area contributed by atoms with Crippen molar-refractivity contribution in [1.82, 2.24) is 10.3 Å². The Labute approximate surface area is 130 Å². The minimum Gasteiger partial charge on any atom is -0.378 e. The summed E-state index contributed by atoms with van der Waals surface area (Å²) in [6, 6.07) is 8.47. The second-order valence-electron chi connectivity index (χ2n) is 4.16. The van der Waals surface area contributed by atoms with Crippen LogP contribution < -0.4 is 5.32 Å². The number of nitrogens with zero attached hydrogens (tertiary/aromatic N) is 1. The molecule has 6 heteroatoms. The van der Waals surface area contributed by atoms with Crippen molar-refractivity contribution in [2.75, 3.05) is 19.8 Å². The van der Waals surface area contributed by atoms with Gasteiger partial charge >= 0.3 is 0 Å². The number of rotatable bonds is 2. The zero-order valence-corrected chi connectivity index (χ0v) is 13.4. The zero-order chi connectivity index (χ0) is 12.4. The Hall–Kier alpha value is -0.460. The van der Waals surface area contributed by atoms with E-state index in [1.54, 1.807) is 11.3 Å². The smallest absolute Gasteiger partial charge is 0.113 e. The third kappa shape index (κ3) is 3.55. The van der Waals surface area contributed by atoms with Gasteiger partial charge in [0, 0.05) is 22.0 Å². The van der Waals surface area contributed by atoms with Crippen LogP contribution in [0, 0.1) is 0 Å². The average Bonchev–Trinajstić information content (AvgIpc) is 2.90. The van der Waals surface area contributed by atoms with E-state index in [-0.39, 0.29) is 18.4 Å². The number of halogens is 2. The molecule has 1 unspecified atom stereocenters. The van der Waals surface area contributed by atoms with Gasteiger partial charge < -0.3 is 10.1 Å². The summed E-state index contributed by atoms with van der Waals surface area (Å²) < 4.78 is 6.55. The van der Waals surface area contributed by atoms with E-state index < -0.39 is 0 Å². The van der Waals surface area contributed by atoms with Gasteiger partial charge in [0.15, 0.2) is 0 Å². The van der Waals surface area contributed by atoms with E-state index in [0.717, 1.165) is 33.9 Å². The maximum atomic E-state index is 5.47. The number of nitrogens with one attached hydrogen (secondary N) is 1. The Bertz CT molecular complexity index is 526. The van der Waals surface area contributed by atoms with E-state index in [1.165, 1.54) is 0 Å². The summed E-state index contributed by atoms with van der Waals surface area (Å²) in [5.41, 5.74) is 2.19. The van der Waals surface area contributed by atoms with Crippen molar-refractivity contribution in [2.45, 2.75) is 6.04 Å². The maximum Gasteiger partial charge on any atom is 0.113 e. The molecule has 102 valence electrons. The minimum atomic E-state index is 0. The Morgan fingerprint density at radius 1 is 1.32 bits per heavy atom. The van der Waals surface area contributed by atoms with Crippen LogP contribution in [-0.4, -0.2) is 24.7 Å². The van der Waals surface area contributed by atoms with Gasteiger partial charge in [0.25, 0.3) is 0 Å². The highest BCUT2D eigenvalue weighted by molar-refractivity contribution is 9.10. The van der Waals surface area contributed by atoms with Crippen LogP contribution in [0.2, 0.25) is 0 Å². The molecule has 0 saturated carbocycles. The summed E-state index contributed by atoms with van der Waals surface area (Å²) in [6.07, 6.45) is 0. The van der Waals surface area contributed by atoms with Crippen LogP contribution in [0.5, 0.6) is 0 Å². The molecule has 1 atom stereocenters. The molecule has 0 spiro atoms. The average molecular weight is 362 g/mol. The molecule has 0 bridgehead atoms. The lowest BCUT2D eigenvalue weighted by Crippen LogP contribution is -2.34. The Morgan fingerprint density at radius 2 is 2.11 bits per heavy atom. The normalized spacial score (nSPS) is 18.9. The summed E-state index contributed by atoms with van der Waals surface area (Å²) in [4.78, 5) is 4.69. The quantitative estimate of drug-likeness (QED) is 0.886. The fourth-order valence-corrected chi connectivity index (χ4v) is 3.08. The molecule has 3 nitrogen and oxygen atoms in total. The monoisotopic (exact) mass is 360 g/mol. The van der Waals surface area contributed by atoms with Crippen molar-refractivity contribution in [3.8, 4) is 11.3 Å². The van der Waals surface area contributed by atoms with E-state index in [0.29, 0.717) is 6.61 Å². The Balaban J connectivity index is 0.00000133. The summed E-state index contributed by atoms with van der Waals surface area (Å²) in [6.45, 7) is 2.41. The topological polar surface area (TPSA) is 34.1 Å². The van der Waals surface area contributed by atoms with Gasteiger partial charge in [0.05, 0.1) is 24.9 Å². The Morgan fingerprint density at radius 3 is 2.79 bits per heavy atom. The summed E-state index contributed by atoms with van der Waals surface area (Å²) in [7, 11) is 0. The van der Waals surface area contributed by atoms with E-state index in [2.05, 4.69) is 38.8 Å². The molecule has 3 rings (SSSR count). The van der Waals surface area contributed by atoms with Crippen molar-refractivity contribution >= 4 is 39.7 Å². The molecular weight excluding hydrogens is 348 g/mol. The molecule has 19 heavy (non-hydrogen) atoms. The van der Waals surface area contributed by atoms with Gasteiger partial charge in [-0.2, -0.15) is 0 Å². The largest absolute Gasteiger partial charge is 0.378 e. The summed E-state index contributed by atoms with van der Waals surface area (Å²) >= 11 is 5.13. The second-order valence-corrected chi connectivity index (χ2v) is 5.96. The first-order valence-corrected chi connectivity index (χ1v) is 7.53. The van der Waals surface area contributed by atoms with Crippen LogP contribution in [0.3, 0.4) is 0 Å². The van der Waals surface area contributed by atoms with Crippen LogP contribution >= 0.6 is 39.7 Å². The first-order chi connectivity index (χ1) is 8.83. The second kappa shape index (κ2) is 6.81. The number of hydrogen-bond acceptors (Lipinski definition) is 4. The summed E-state index contributed by atoms with van der Waals surface area (Å²) in [5.74, 6) is 0. The molecule has 0 amide bonds. The molecule has 1 fully saturated rings. The van der Waals surface area contributed by atoms with E-state index >= 15 is 0 Å². The van der Waals surface area contributed by atoms with Gasteiger partial charge in [-0.05, 0) is 12.1 Å². The molecule has 2 aromatic rings. The molecule has 1 aromatic carbocycles. The predicted octanol–water partition coefficient (Wildman–Crippen LogP) is 3.66. The lowest BCUT2D eigenvalue weighted by atomic mass is 10.2. The van der Waals surface area contributed by atoms with Crippen molar-refractivity contribution in [1.29, 1.82) is 0 Å². The van der Waals surface area contributed by atoms with Crippen molar-refractivity contribution < 1.29 is 4.74 Å². The molecule has 0 radical (unpaired) electrons. The van der Waals surface area contributed by atoms with Gasteiger partial charge in [-0.15, -0.1) is 23.7 Å². The van der Waals surface area contributed by atoms with E-state index in [4.69, 9.17) is 9.72 Å². The van der Waals surface area contributed by atoms with Crippen LogP contribution in [0.4, 0.5) is 0 Å². The molecule has 0 aliphatic carbocycles. The van der Waals surface area contributed by atoms with E-state index in [9.17, 15) is 0 Å². The maximum absolute atomic E-state index is 5.47. The Kier molecular flexibility index (Phi) is 5.36. The van der Waals surface area contributed by atoms with Crippen molar-refractivity contribution in [2.24, 2.45) is 0 Å². The fraction of sp³-hybridized carbons (Fsp3) is 0.308. The highest BCUT2D eigenvalue weighted by Gasteiger charge is 2.18. The lowest BCUT2D eigenvalue weighted by molar-refractivity contribution is 0.0768. The van der Waals surface area contributed by atoms with Gasteiger partial charge in [-0.3, -0.25) is 0 Å². The van der Waals surface area contributed by atoms with Crippen LogP contribution in [0.1, 0.15) is 11.0 Å². The standard InChI is InChI=1S/C13H13BrN2OS.ClH/c14-10-3-1-9(2-4-10)12-8-18-13(16-12)11-7-17-6-5-15-11;/h1-4,8,11,15H,5-7H2;1H. The number of hydrogen-bond donors (Lipinski definition) is 1. The van der Waals surface area contributed by atoms with Gasteiger partial charge in [0.2, 0.25) is 0 Å². The molecule has 1 aliphatic rings. The number of ether oxygens (including phenoxy) is 1. The molecule has 1 saturated heterocycles. The van der Waals surface area contributed by atoms with E-state index in [1.807, 2.05) is 12.1 Å². The van der Waals surface area contributed by atoms with Crippen molar-refractivity contribution in [3.05, 3.63) is 39.1 Å². The third-order valence-corrected chi connectivity index (χ3v) is 4.37. The number of aromatic nitrogens is 1. The minimum absolute atomic E-state index is 0. The molecule has 1 aliphatic heterocycles. The first kappa shape index (κ1) is 14.9. The molecule has 1 N–H and O–H groups in total. The van der Waals surface area contributed by atoms with Gasteiger partial charge in [-0.25, -0.2) is 4.98 Å². The predicted molar refractivity (Wildman–Crippen MR) is 84.1 cm³/mol. The SMILES string of the molecule is Brc1ccc(-c2csc(C3COCCN3)n2)cc1.Cl. The summed E-state index contributed by atoms with van der Waals surface area (Å²) in [5, 5.41) is 6.63. The molecular formula is C13H14BrClN2OS. The molecule has 1 aromatic heterocycles. The highest BCUT2D eigenvalue weighted by Crippen LogP contribution is 2.27.